The second-order valence-electron chi connectivity index (χ2n) is 8.24. The molecule has 0 bridgehead atoms. The summed E-state index contributed by atoms with van der Waals surface area (Å²) in [5, 5.41) is 9.67. The molecule has 0 saturated carbocycles. The van der Waals surface area contributed by atoms with Gasteiger partial charge in [0.15, 0.2) is 12.1 Å². The summed E-state index contributed by atoms with van der Waals surface area (Å²) in [7, 11) is 7.67. The van der Waals surface area contributed by atoms with Gasteiger partial charge in [0.2, 0.25) is 17.9 Å². The van der Waals surface area contributed by atoms with Gasteiger partial charge in [-0.2, -0.15) is 0 Å². The summed E-state index contributed by atoms with van der Waals surface area (Å²) >= 11 is 0. The molecule has 2 unspecified atom stereocenters. The van der Waals surface area contributed by atoms with E-state index >= 15 is 0 Å². The van der Waals surface area contributed by atoms with Gasteiger partial charge in [-0.3, -0.25) is 10.6 Å². The molecule has 0 fully saturated rings. The first-order valence-corrected chi connectivity index (χ1v) is 11.1. The third kappa shape index (κ3) is 5.69. The molecule has 0 aliphatic carbocycles. The van der Waals surface area contributed by atoms with Crippen molar-refractivity contribution >= 4 is 23.8 Å². The van der Waals surface area contributed by atoms with Gasteiger partial charge < -0.3 is 28.9 Å². The van der Waals surface area contributed by atoms with Gasteiger partial charge in [-0.15, -0.1) is 0 Å². The van der Waals surface area contributed by atoms with E-state index < -0.39 is 0 Å². The fourth-order valence-electron chi connectivity index (χ4n) is 3.55. The summed E-state index contributed by atoms with van der Waals surface area (Å²) in [4.78, 5) is 24.9. The Morgan fingerprint density at radius 2 is 1.56 bits per heavy atom. The lowest BCUT2D eigenvalue weighted by atomic mass is 10.3. The van der Waals surface area contributed by atoms with E-state index in [4.69, 9.17) is 23.8 Å². The van der Waals surface area contributed by atoms with E-state index in [0.717, 1.165) is 17.5 Å². The van der Waals surface area contributed by atoms with Gasteiger partial charge in [-0.25, -0.2) is 20.0 Å². The van der Waals surface area contributed by atoms with E-state index in [2.05, 4.69) is 25.8 Å². The molecule has 4 heterocycles. The van der Waals surface area contributed by atoms with Crippen LogP contribution in [0.1, 0.15) is 18.4 Å². The van der Waals surface area contributed by atoms with Crippen LogP contribution >= 0.6 is 0 Å². The van der Waals surface area contributed by atoms with Gasteiger partial charge in [0, 0.05) is 28.2 Å². The molecule has 0 saturated heterocycles. The molecule has 0 spiro atoms. The molecule has 34 heavy (non-hydrogen) atoms. The molecular weight excluding hydrogens is 436 g/mol. The third-order valence-electron chi connectivity index (χ3n) is 5.23. The summed E-state index contributed by atoms with van der Waals surface area (Å²) in [5.74, 6) is 4.44. The Morgan fingerprint density at radius 3 is 2.18 bits per heavy atom. The highest BCUT2D eigenvalue weighted by Crippen LogP contribution is 2.14. The van der Waals surface area contributed by atoms with Crippen LogP contribution in [-0.4, -0.2) is 85.6 Å². The Hall–Kier alpha value is -3.96. The highest BCUT2D eigenvalue weighted by atomic mass is 16.3. The first-order valence-electron chi connectivity index (χ1n) is 11.1. The van der Waals surface area contributed by atoms with Crippen LogP contribution in [0.5, 0.6) is 0 Å². The van der Waals surface area contributed by atoms with E-state index in [9.17, 15) is 0 Å². The molecule has 4 rings (SSSR count). The van der Waals surface area contributed by atoms with Crippen molar-refractivity contribution in [2.75, 3.05) is 34.7 Å². The van der Waals surface area contributed by atoms with E-state index in [0.29, 0.717) is 37.5 Å². The zero-order chi connectivity index (χ0) is 24.1. The average Bonchev–Trinajstić information content (AvgIpc) is 3.52. The molecule has 12 heteroatoms. The standard InChI is InChI=1S/C22H32N10O2/c1-15-24-20(30(3)4)29-22(25-15)32(13-17-9-7-11-34-17)14-18-26-19(23-2)28-21(27-18)31(5)12-16-8-6-10-33-16/h6-11,15,18H,12-14H2,1-5H3,(H,24,25,29)(H2,23,26,27,28). The Kier molecular flexibility index (Phi) is 7.04. The molecule has 12 nitrogen and oxygen atoms in total. The van der Waals surface area contributed by atoms with Crippen LogP contribution in [0.3, 0.4) is 0 Å². The highest BCUT2D eigenvalue weighted by molar-refractivity contribution is 6.01. The van der Waals surface area contributed by atoms with Gasteiger partial charge in [0.1, 0.15) is 17.7 Å². The van der Waals surface area contributed by atoms with Crippen LogP contribution in [0.15, 0.2) is 65.6 Å². The van der Waals surface area contributed by atoms with Crippen molar-refractivity contribution in [1.82, 2.24) is 30.7 Å². The lowest BCUT2D eigenvalue weighted by molar-refractivity contribution is 0.328. The average molecular weight is 469 g/mol. The Morgan fingerprint density at radius 1 is 0.882 bits per heavy atom. The van der Waals surface area contributed by atoms with Gasteiger partial charge in [0.05, 0.1) is 32.2 Å². The number of nitrogens with one attached hydrogen (secondary N) is 3. The number of aliphatic imine (C=N–C) groups is 4. The number of furan rings is 2. The molecule has 2 aromatic rings. The first-order chi connectivity index (χ1) is 16.4. The van der Waals surface area contributed by atoms with E-state index in [-0.39, 0.29) is 12.3 Å². The van der Waals surface area contributed by atoms with E-state index in [1.807, 2.05) is 69.2 Å². The van der Waals surface area contributed by atoms with Crippen molar-refractivity contribution in [3.8, 4) is 0 Å². The topological polar surface area (TPSA) is 122 Å². The van der Waals surface area contributed by atoms with E-state index in [1.54, 1.807) is 12.5 Å². The molecule has 182 valence electrons. The summed E-state index contributed by atoms with van der Waals surface area (Å²) in [6.07, 6.45) is 2.74. The maximum atomic E-state index is 5.63. The number of rotatable bonds is 6. The Labute approximate surface area is 199 Å². The summed E-state index contributed by atoms with van der Waals surface area (Å²) in [6.45, 7) is 3.52. The number of nitrogens with zero attached hydrogens (tertiary/aromatic N) is 7. The minimum absolute atomic E-state index is 0.212. The third-order valence-corrected chi connectivity index (χ3v) is 5.23. The second-order valence-corrected chi connectivity index (χ2v) is 8.24. The van der Waals surface area contributed by atoms with E-state index in [1.165, 1.54) is 0 Å². The Bertz CT molecular complexity index is 1060. The van der Waals surface area contributed by atoms with Crippen LogP contribution in [0.4, 0.5) is 0 Å². The molecule has 0 aromatic carbocycles. The predicted molar refractivity (Wildman–Crippen MR) is 131 cm³/mol. The zero-order valence-electron chi connectivity index (χ0n) is 20.2. The summed E-state index contributed by atoms with van der Waals surface area (Å²) in [6, 6.07) is 7.63. The first kappa shape index (κ1) is 23.2. The zero-order valence-corrected chi connectivity index (χ0v) is 20.2. The van der Waals surface area contributed by atoms with Crippen LogP contribution in [0, 0.1) is 0 Å². The minimum Gasteiger partial charge on any atom is -0.467 e. The lowest BCUT2D eigenvalue weighted by Crippen LogP contribution is -2.54. The molecule has 2 aliphatic heterocycles. The smallest absolute Gasteiger partial charge is 0.203 e. The van der Waals surface area contributed by atoms with Gasteiger partial charge in [0.25, 0.3) is 0 Å². The Balaban J connectivity index is 1.56. The molecule has 3 N–H and O–H groups in total. The number of hydrogen-bond acceptors (Lipinski definition) is 12. The highest BCUT2D eigenvalue weighted by Gasteiger charge is 2.26. The van der Waals surface area contributed by atoms with Crippen LogP contribution in [0.25, 0.3) is 0 Å². The second kappa shape index (κ2) is 10.3. The maximum Gasteiger partial charge on any atom is 0.203 e. The lowest BCUT2D eigenvalue weighted by Gasteiger charge is -2.33. The van der Waals surface area contributed by atoms with Crippen molar-refractivity contribution in [2.45, 2.75) is 32.3 Å². The predicted octanol–water partition coefficient (Wildman–Crippen LogP) is 0.890. The normalized spacial score (nSPS) is 19.7. The minimum atomic E-state index is -0.380. The van der Waals surface area contributed by atoms with Crippen molar-refractivity contribution < 1.29 is 8.83 Å². The van der Waals surface area contributed by atoms with Crippen LogP contribution in [0.2, 0.25) is 0 Å². The largest absolute Gasteiger partial charge is 0.467 e. The van der Waals surface area contributed by atoms with Crippen molar-refractivity contribution in [1.29, 1.82) is 0 Å². The molecule has 0 amide bonds. The molecule has 2 aromatic heterocycles. The summed E-state index contributed by atoms with van der Waals surface area (Å²) in [5.41, 5.74) is 0. The molecule has 0 radical (unpaired) electrons. The van der Waals surface area contributed by atoms with Gasteiger partial charge in [-0.05, 0) is 31.2 Å². The SMILES string of the molecule is CNC1=NC(CN(Cc2ccco2)C2=NC(C)N=C(N(C)C)N2)N=C(N(C)Cc2ccco2)N1. The van der Waals surface area contributed by atoms with Crippen molar-refractivity contribution in [2.24, 2.45) is 20.0 Å². The van der Waals surface area contributed by atoms with Gasteiger partial charge >= 0.3 is 0 Å². The van der Waals surface area contributed by atoms with Gasteiger partial charge in [-0.1, -0.05) is 0 Å². The monoisotopic (exact) mass is 468 g/mol. The van der Waals surface area contributed by atoms with Crippen molar-refractivity contribution in [3.63, 3.8) is 0 Å². The van der Waals surface area contributed by atoms with Crippen LogP contribution in [-0.2, 0) is 13.1 Å². The maximum absolute atomic E-state index is 5.63. The fraction of sp³-hybridized carbons (Fsp3) is 0.455. The molecular formula is C22H32N10O2. The number of guanidine groups is 4. The molecule has 2 atom stereocenters. The summed E-state index contributed by atoms with van der Waals surface area (Å²) < 4.78 is 11.1. The van der Waals surface area contributed by atoms with Crippen molar-refractivity contribution in [3.05, 3.63) is 48.3 Å². The number of hydrogen-bond donors (Lipinski definition) is 3. The molecule has 2 aliphatic rings. The quantitative estimate of drug-likeness (QED) is 0.572. The fourth-order valence-corrected chi connectivity index (χ4v) is 3.55. The van der Waals surface area contributed by atoms with Crippen LogP contribution < -0.4 is 16.0 Å².